The zero-order valence-electron chi connectivity index (χ0n) is 29.6. The number of rotatable bonds is 11. The Hall–Kier alpha value is -5.07. The van der Waals surface area contributed by atoms with Gasteiger partial charge in [0.05, 0.1) is 30.0 Å². The van der Waals surface area contributed by atoms with Gasteiger partial charge < -0.3 is 15.4 Å². The average molecular weight is 761 g/mol. The van der Waals surface area contributed by atoms with Gasteiger partial charge >= 0.3 is 18.2 Å². The summed E-state index contributed by atoms with van der Waals surface area (Å²) >= 11 is 0. The minimum atomic E-state index is -4.00. The summed E-state index contributed by atoms with van der Waals surface area (Å²) in [6.07, 6.45) is 1.11. The summed E-state index contributed by atoms with van der Waals surface area (Å²) < 4.78 is 52.3. The predicted octanol–water partition coefficient (Wildman–Crippen LogP) is 2.71. The highest BCUT2D eigenvalue weighted by Crippen LogP contribution is 2.22. The smallest absolute Gasteiger partial charge is 0.420 e. The van der Waals surface area contributed by atoms with Crippen molar-refractivity contribution in [3.05, 3.63) is 82.0 Å². The topological polar surface area (TPSA) is 231 Å². The third-order valence-corrected chi connectivity index (χ3v) is 10.6. The molecule has 0 saturated carbocycles. The molecule has 0 aromatic heterocycles. The number of benzene rings is 2. The molecule has 4 rings (SSSR count). The summed E-state index contributed by atoms with van der Waals surface area (Å²) in [5.74, 6) is -0.491. The van der Waals surface area contributed by atoms with Crippen LogP contribution in [0.1, 0.15) is 51.7 Å². The molecule has 0 saturated heterocycles. The van der Waals surface area contributed by atoms with E-state index < -0.39 is 38.2 Å². The van der Waals surface area contributed by atoms with Crippen LogP contribution in [0.4, 0.5) is 14.4 Å². The van der Waals surface area contributed by atoms with E-state index in [1.807, 2.05) is 27.7 Å². The largest absolute Gasteiger partial charge is 0.452 e. The van der Waals surface area contributed by atoms with E-state index in [1.165, 1.54) is 34.1 Å². The lowest BCUT2D eigenvalue weighted by Gasteiger charge is -2.16. The Kier molecular flexibility index (Phi) is 14.3. The summed E-state index contributed by atoms with van der Waals surface area (Å²) in [6.45, 7) is 8.73. The van der Waals surface area contributed by atoms with Crippen LogP contribution in [0, 0.1) is 0 Å². The van der Waals surface area contributed by atoms with Crippen molar-refractivity contribution in [2.75, 3.05) is 33.3 Å². The number of nitrogens with one attached hydrogen (secondary N) is 3. The quantitative estimate of drug-likeness (QED) is 0.262. The molecular formula is C34H44N6O10S2. The van der Waals surface area contributed by atoms with E-state index in [4.69, 9.17) is 5.14 Å². The fraction of sp³-hybridized carbons (Fsp3) is 0.382. The van der Waals surface area contributed by atoms with Crippen molar-refractivity contribution >= 4 is 50.0 Å². The first-order valence-electron chi connectivity index (χ1n) is 16.3. The Balaban J connectivity index is 0.000000284. The molecule has 0 bridgehead atoms. The van der Waals surface area contributed by atoms with Crippen molar-refractivity contribution in [1.29, 1.82) is 0 Å². The maximum Gasteiger partial charge on any atom is 0.420 e. The van der Waals surface area contributed by atoms with E-state index in [2.05, 4.69) is 15.4 Å². The average Bonchev–Trinajstić information content (AvgIpc) is 3.56. The highest BCUT2D eigenvalue weighted by Gasteiger charge is 2.32. The number of urea groups is 2. The molecule has 0 fully saturated rings. The van der Waals surface area contributed by atoms with Gasteiger partial charge in [0.2, 0.25) is 10.0 Å². The molecule has 0 atom stereocenters. The molecular weight excluding hydrogens is 717 g/mol. The number of hydrogen-bond donors (Lipinski definition) is 4. The molecule has 282 valence electrons. The lowest BCUT2D eigenvalue weighted by Crippen LogP contribution is -2.42. The molecule has 0 aliphatic carbocycles. The molecule has 5 N–H and O–H groups in total. The Labute approximate surface area is 303 Å². The van der Waals surface area contributed by atoms with Gasteiger partial charge in [0.1, 0.15) is 0 Å². The second kappa shape index (κ2) is 17.9. The lowest BCUT2D eigenvalue weighted by molar-refractivity contribution is -0.123. The number of sulfonamides is 2. The third kappa shape index (κ3) is 10.7. The first-order chi connectivity index (χ1) is 24.4. The Morgan fingerprint density at radius 2 is 1.10 bits per heavy atom. The van der Waals surface area contributed by atoms with Gasteiger partial charge in [-0.05, 0) is 86.1 Å². The molecule has 0 unspecified atom stereocenters. The predicted molar refractivity (Wildman–Crippen MR) is 191 cm³/mol. The van der Waals surface area contributed by atoms with Crippen molar-refractivity contribution in [1.82, 2.24) is 25.2 Å². The molecule has 0 radical (unpaired) electrons. The number of nitrogens with two attached hydrogens (primary N) is 1. The van der Waals surface area contributed by atoms with Gasteiger partial charge in [-0.3, -0.25) is 19.4 Å². The van der Waals surface area contributed by atoms with Crippen molar-refractivity contribution in [2.45, 2.75) is 63.2 Å². The Bertz CT molecular complexity index is 1970. The number of nitrogens with zero attached hydrogens (tertiary/aromatic N) is 2. The van der Waals surface area contributed by atoms with E-state index in [0.717, 1.165) is 29.4 Å². The van der Waals surface area contributed by atoms with Crippen LogP contribution in [-0.2, 0) is 47.2 Å². The summed E-state index contributed by atoms with van der Waals surface area (Å²) in [5, 5.41) is 10.4. The van der Waals surface area contributed by atoms with Gasteiger partial charge in [0, 0.05) is 24.2 Å². The number of primary sulfonamides is 1. The number of amides is 7. The van der Waals surface area contributed by atoms with Gasteiger partial charge in [-0.15, -0.1) is 0 Å². The third-order valence-electron chi connectivity index (χ3n) is 8.29. The lowest BCUT2D eigenvalue weighted by atomic mass is 10.1. The fourth-order valence-corrected chi connectivity index (χ4v) is 6.87. The highest BCUT2D eigenvalue weighted by molar-refractivity contribution is 7.90. The van der Waals surface area contributed by atoms with E-state index in [-0.39, 0.29) is 28.2 Å². The van der Waals surface area contributed by atoms with Gasteiger partial charge in [-0.25, -0.2) is 41.1 Å². The summed E-state index contributed by atoms with van der Waals surface area (Å²) in [5.41, 5.74) is 4.85. The van der Waals surface area contributed by atoms with Crippen molar-refractivity contribution in [2.24, 2.45) is 5.14 Å². The standard InChI is InChI=1S/C18H23N3O6S.C16H21N3O4S/c1-4-15-12(2)11-21(16(15)22)17(23)19-10-9-13-5-7-14(8-6-13)28(25,26)20-18(24)27-3;1-3-14-11(2)10-19(15(14)20)16(21)18-9-8-12-4-6-13(7-5-12)24(17,22)23/h5-8H,4,9-11H2,1-3H3,(H,19,23)(H,20,24);4-7H,3,8-10H2,1-2H3,(H,18,21)(H2,17,22,23). The summed E-state index contributed by atoms with van der Waals surface area (Å²) in [7, 11) is -6.63. The highest BCUT2D eigenvalue weighted by atomic mass is 32.2. The van der Waals surface area contributed by atoms with E-state index in [0.29, 0.717) is 56.5 Å². The maximum atomic E-state index is 12.2. The normalized spacial score (nSPS) is 14.7. The Morgan fingerprint density at radius 1 is 0.712 bits per heavy atom. The molecule has 2 aromatic rings. The second-order valence-corrected chi connectivity index (χ2v) is 15.1. The van der Waals surface area contributed by atoms with E-state index >= 15 is 0 Å². The van der Waals surface area contributed by atoms with Gasteiger partial charge in [-0.2, -0.15) is 0 Å². The first-order valence-corrected chi connectivity index (χ1v) is 19.3. The maximum absolute atomic E-state index is 12.2. The molecule has 0 spiro atoms. The first kappa shape index (κ1) is 41.4. The van der Waals surface area contributed by atoms with E-state index in [9.17, 15) is 40.8 Å². The number of hydrogen-bond acceptors (Lipinski definition) is 10. The monoisotopic (exact) mass is 760 g/mol. The second-order valence-electron chi connectivity index (χ2n) is 11.9. The molecule has 2 heterocycles. The molecule has 16 nitrogen and oxygen atoms in total. The van der Waals surface area contributed by atoms with Gasteiger partial charge in [0.25, 0.3) is 21.8 Å². The van der Waals surface area contributed by atoms with Gasteiger partial charge in [0.15, 0.2) is 0 Å². The van der Waals surface area contributed by atoms with Crippen LogP contribution in [0.15, 0.2) is 80.6 Å². The molecule has 18 heteroatoms. The van der Waals surface area contributed by atoms with Crippen LogP contribution >= 0.6 is 0 Å². The summed E-state index contributed by atoms with van der Waals surface area (Å²) in [4.78, 5) is 62.0. The van der Waals surface area contributed by atoms with Crippen molar-refractivity contribution in [3.63, 3.8) is 0 Å². The van der Waals surface area contributed by atoms with E-state index in [1.54, 1.807) is 29.0 Å². The van der Waals surface area contributed by atoms with Gasteiger partial charge in [-0.1, -0.05) is 38.1 Å². The minimum Gasteiger partial charge on any atom is -0.452 e. The molecule has 2 aliphatic rings. The number of imide groups is 2. The zero-order valence-corrected chi connectivity index (χ0v) is 31.3. The molecule has 2 aromatic carbocycles. The summed E-state index contributed by atoms with van der Waals surface area (Å²) in [6, 6.07) is 11.2. The van der Waals surface area contributed by atoms with Crippen LogP contribution in [0.5, 0.6) is 0 Å². The number of carbonyl (C=O) groups excluding carboxylic acids is 5. The number of methoxy groups -OCH3 is 1. The minimum absolute atomic E-state index is 0.0478. The Morgan fingerprint density at radius 3 is 1.42 bits per heavy atom. The number of ether oxygens (including phenoxy) is 1. The zero-order chi connectivity index (χ0) is 38.8. The van der Waals surface area contributed by atoms with Crippen LogP contribution in [0.3, 0.4) is 0 Å². The molecule has 52 heavy (non-hydrogen) atoms. The van der Waals surface area contributed by atoms with Crippen LogP contribution < -0.4 is 20.5 Å². The van der Waals surface area contributed by atoms with Crippen LogP contribution in [0.25, 0.3) is 0 Å². The molecule has 2 aliphatic heterocycles. The number of carbonyl (C=O) groups is 5. The SMILES string of the molecule is CCC1=C(C)CN(C(=O)NCCc2ccc(S(=O)(=O)NC(=O)OC)cc2)C1=O.CCC1=C(C)CN(C(=O)NCCc2ccc(S(N)(=O)=O)cc2)C1=O. The van der Waals surface area contributed by atoms with Crippen molar-refractivity contribution in [3.8, 4) is 0 Å². The van der Waals surface area contributed by atoms with Crippen molar-refractivity contribution < 1.29 is 45.5 Å². The van der Waals surface area contributed by atoms with Crippen LogP contribution in [0.2, 0.25) is 0 Å². The fourth-order valence-electron chi connectivity index (χ4n) is 5.44. The van der Waals surface area contributed by atoms with Crippen LogP contribution in [-0.4, -0.2) is 89.9 Å². The molecule has 7 amide bonds.